The van der Waals surface area contributed by atoms with Gasteiger partial charge in [0.05, 0.1) is 0 Å². The van der Waals surface area contributed by atoms with Crippen molar-refractivity contribution in [2.45, 2.75) is 0 Å². The molecule has 3 N–H and O–H groups in total. The van der Waals surface area contributed by atoms with E-state index in [1.54, 1.807) is 36.0 Å². The highest BCUT2D eigenvalue weighted by Gasteiger charge is 2.02. The number of anilines is 1. The van der Waals surface area contributed by atoms with Crippen molar-refractivity contribution in [3.63, 3.8) is 0 Å². The van der Waals surface area contributed by atoms with Gasteiger partial charge in [0.2, 0.25) is 0 Å². The van der Waals surface area contributed by atoms with Gasteiger partial charge in [0.25, 0.3) is 5.91 Å². The second kappa shape index (κ2) is 5.54. The van der Waals surface area contributed by atoms with E-state index in [9.17, 15) is 4.79 Å². The lowest BCUT2D eigenvalue weighted by molar-refractivity contribution is 0.0956. The number of nitrogens with one attached hydrogen (secondary N) is 1. The number of benzene rings is 1. The predicted molar refractivity (Wildman–Crippen MR) is 61.6 cm³/mol. The first kappa shape index (κ1) is 10.9. The molecule has 1 rings (SSSR count). The number of carbonyl (C=O) groups is 1. The molecule has 0 unspecified atom stereocenters. The molecule has 0 spiro atoms. The summed E-state index contributed by atoms with van der Waals surface area (Å²) in [6.07, 6.45) is 2.01. The maximum Gasteiger partial charge on any atom is 0.251 e. The molecule has 0 heterocycles. The Labute approximate surface area is 88.1 Å². The van der Waals surface area contributed by atoms with E-state index in [0.29, 0.717) is 17.8 Å². The summed E-state index contributed by atoms with van der Waals surface area (Å²) in [5.74, 6) is 0.889. The Morgan fingerprint density at radius 2 is 2.07 bits per heavy atom. The molecule has 4 heteroatoms. The molecule has 0 bridgehead atoms. The van der Waals surface area contributed by atoms with Crippen LogP contribution in [0.2, 0.25) is 0 Å². The summed E-state index contributed by atoms with van der Waals surface area (Å²) >= 11 is 1.71. The van der Waals surface area contributed by atoms with Gasteiger partial charge in [0, 0.05) is 23.5 Å². The Kier molecular flexibility index (Phi) is 4.32. The van der Waals surface area contributed by atoms with Crippen LogP contribution in [-0.2, 0) is 0 Å². The molecule has 0 aliphatic heterocycles. The van der Waals surface area contributed by atoms with Gasteiger partial charge in [0.1, 0.15) is 0 Å². The summed E-state index contributed by atoms with van der Waals surface area (Å²) in [6.45, 7) is 0.699. The summed E-state index contributed by atoms with van der Waals surface area (Å²) < 4.78 is 0. The Morgan fingerprint density at radius 3 is 2.64 bits per heavy atom. The number of rotatable bonds is 4. The Balaban J connectivity index is 2.48. The molecule has 0 atom stereocenters. The van der Waals surface area contributed by atoms with Gasteiger partial charge in [0.15, 0.2) is 0 Å². The average Bonchev–Trinajstić information content (AvgIpc) is 2.19. The molecule has 0 aromatic heterocycles. The van der Waals surface area contributed by atoms with Crippen molar-refractivity contribution < 1.29 is 4.79 Å². The Bertz CT molecular complexity index is 297. The Morgan fingerprint density at radius 1 is 1.43 bits per heavy atom. The standard InChI is InChI=1S/C10H14N2OS/c1-14-7-6-12-10(13)8-2-4-9(11)5-3-8/h2-5H,6-7,11H2,1H3,(H,12,13). The molecule has 0 aliphatic carbocycles. The highest BCUT2D eigenvalue weighted by atomic mass is 32.2. The maximum atomic E-state index is 11.5. The van der Waals surface area contributed by atoms with Crippen LogP contribution < -0.4 is 11.1 Å². The van der Waals surface area contributed by atoms with Gasteiger partial charge < -0.3 is 11.1 Å². The molecule has 0 saturated carbocycles. The third-order valence-corrected chi connectivity index (χ3v) is 2.38. The van der Waals surface area contributed by atoms with Crippen molar-refractivity contribution in [3.05, 3.63) is 29.8 Å². The number of carbonyl (C=O) groups excluding carboxylic acids is 1. The zero-order chi connectivity index (χ0) is 10.4. The van der Waals surface area contributed by atoms with Crippen molar-refractivity contribution >= 4 is 23.4 Å². The molecule has 0 saturated heterocycles. The number of nitrogens with two attached hydrogens (primary N) is 1. The van der Waals surface area contributed by atoms with Gasteiger partial charge in [-0.1, -0.05) is 0 Å². The fourth-order valence-corrected chi connectivity index (χ4v) is 1.31. The van der Waals surface area contributed by atoms with Gasteiger partial charge in [-0.2, -0.15) is 11.8 Å². The number of amides is 1. The topological polar surface area (TPSA) is 55.1 Å². The number of hydrogen-bond acceptors (Lipinski definition) is 3. The minimum atomic E-state index is -0.0425. The molecule has 76 valence electrons. The largest absolute Gasteiger partial charge is 0.399 e. The fourth-order valence-electron chi connectivity index (χ4n) is 1.00. The predicted octanol–water partition coefficient (Wildman–Crippen LogP) is 1.36. The van der Waals surface area contributed by atoms with E-state index in [2.05, 4.69) is 5.32 Å². The van der Waals surface area contributed by atoms with Gasteiger partial charge >= 0.3 is 0 Å². The third-order valence-electron chi connectivity index (χ3n) is 1.76. The van der Waals surface area contributed by atoms with Crippen molar-refractivity contribution in [1.82, 2.24) is 5.32 Å². The maximum absolute atomic E-state index is 11.5. The molecule has 1 amide bonds. The molecule has 1 aromatic rings. The summed E-state index contributed by atoms with van der Waals surface area (Å²) in [6, 6.07) is 6.90. The average molecular weight is 210 g/mol. The highest BCUT2D eigenvalue weighted by Crippen LogP contribution is 2.04. The molecule has 1 aromatic carbocycles. The van der Waals surface area contributed by atoms with Crippen molar-refractivity contribution in [2.24, 2.45) is 0 Å². The van der Waals surface area contributed by atoms with E-state index in [4.69, 9.17) is 5.73 Å². The van der Waals surface area contributed by atoms with E-state index in [-0.39, 0.29) is 5.91 Å². The monoisotopic (exact) mass is 210 g/mol. The van der Waals surface area contributed by atoms with Crippen LogP contribution in [0, 0.1) is 0 Å². The molecule has 0 fully saturated rings. The first-order valence-electron chi connectivity index (χ1n) is 4.36. The first-order chi connectivity index (χ1) is 6.74. The first-order valence-corrected chi connectivity index (χ1v) is 5.76. The molecule has 3 nitrogen and oxygen atoms in total. The quantitative estimate of drug-likeness (QED) is 0.583. The Hall–Kier alpha value is -1.16. The molecule has 0 radical (unpaired) electrons. The van der Waals surface area contributed by atoms with Crippen LogP contribution in [0.1, 0.15) is 10.4 Å². The zero-order valence-electron chi connectivity index (χ0n) is 8.12. The molecule has 14 heavy (non-hydrogen) atoms. The van der Waals surface area contributed by atoms with Crippen LogP contribution in [0.25, 0.3) is 0 Å². The third kappa shape index (κ3) is 3.30. The van der Waals surface area contributed by atoms with Crippen LogP contribution in [0.4, 0.5) is 5.69 Å². The molecular weight excluding hydrogens is 196 g/mol. The van der Waals surface area contributed by atoms with E-state index in [1.165, 1.54) is 0 Å². The number of hydrogen-bond donors (Lipinski definition) is 2. The minimum Gasteiger partial charge on any atom is -0.399 e. The summed E-state index contributed by atoms with van der Waals surface area (Å²) in [7, 11) is 0. The minimum absolute atomic E-state index is 0.0425. The van der Waals surface area contributed by atoms with E-state index in [1.807, 2.05) is 6.26 Å². The lowest BCUT2D eigenvalue weighted by Crippen LogP contribution is -2.25. The van der Waals surface area contributed by atoms with E-state index < -0.39 is 0 Å². The summed E-state index contributed by atoms with van der Waals surface area (Å²) in [4.78, 5) is 11.5. The van der Waals surface area contributed by atoms with Crippen LogP contribution in [0.5, 0.6) is 0 Å². The lowest BCUT2D eigenvalue weighted by Gasteiger charge is -2.03. The van der Waals surface area contributed by atoms with Gasteiger partial charge in [-0.25, -0.2) is 0 Å². The summed E-state index contributed by atoms with van der Waals surface area (Å²) in [5.41, 5.74) is 6.84. The molecular formula is C10H14N2OS. The van der Waals surface area contributed by atoms with E-state index >= 15 is 0 Å². The highest BCUT2D eigenvalue weighted by molar-refractivity contribution is 7.98. The number of nitrogen functional groups attached to an aromatic ring is 1. The second-order valence-corrected chi connectivity index (χ2v) is 3.86. The van der Waals surface area contributed by atoms with Crippen molar-refractivity contribution in [2.75, 3.05) is 24.3 Å². The van der Waals surface area contributed by atoms with Crippen LogP contribution in [0.15, 0.2) is 24.3 Å². The number of thioether (sulfide) groups is 1. The summed E-state index contributed by atoms with van der Waals surface area (Å²) in [5, 5.41) is 2.82. The molecule has 0 aliphatic rings. The van der Waals surface area contributed by atoms with Crippen molar-refractivity contribution in [1.29, 1.82) is 0 Å². The van der Waals surface area contributed by atoms with Gasteiger partial charge in [-0.15, -0.1) is 0 Å². The fraction of sp³-hybridized carbons (Fsp3) is 0.300. The van der Waals surface area contributed by atoms with Gasteiger partial charge in [-0.3, -0.25) is 4.79 Å². The van der Waals surface area contributed by atoms with Crippen LogP contribution >= 0.6 is 11.8 Å². The van der Waals surface area contributed by atoms with Crippen LogP contribution in [0.3, 0.4) is 0 Å². The SMILES string of the molecule is CSCCNC(=O)c1ccc(N)cc1. The second-order valence-electron chi connectivity index (χ2n) is 2.87. The van der Waals surface area contributed by atoms with E-state index in [0.717, 1.165) is 5.75 Å². The van der Waals surface area contributed by atoms with Crippen molar-refractivity contribution in [3.8, 4) is 0 Å². The van der Waals surface area contributed by atoms with Crippen LogP contribution in [-0.4, -0.2) is 24.5 Å². The smallest absolute Gasteiger partial charge is 0.251 e. The van der Waals surface area contributed by atoms with Gasteiger partial charge in [-0.05, 0) is 30.5 Å². The lowest BCUT2D eigenvalue weighted by atomic mass is 10.2. The normalized spacial score (nSPS) is 9.79. The zero-order valence-corrected chi connectivity index (χ0v) is 8.93.